The van der Waals surface area contributed by atoms with Crippen molar-refractivity contribution < 1.29 is 22.8 Å². The van der Waals surface area contributed by atoms with Crippen LogP contribution in [-0.2, 0) is 6.18 Å². The summed E-state index contributed by atoms with van der Waals surface area (Å²) in [5.41, 5.74) is -0.717. The minimum Gasteiger partial charge on any atom is -0.307 e. The highest BCUT2D eigenvalue weighted by atomic mass is 19.4. The first kappa shape index (κ1) is 24.2. The maximum atomic E-state index is 13.9. The number of nitrogens with zero attached hydrogens (tertiary/aromatic N) is 3. The van der Waals surface area contributed by atoms with Gasteiger partial charge < -0.3 is 5.32 Å². The van der Waals surface area contributed by atoms with Gasteiger partial charge in [-0.1, -0.05) is 36.4 Å². The number of halogens is 3. The van der Waals surface area contributed by atoms with E-state index in [1.165, 1.54) is 72.9 Å². The van der Waals surface area contributed by atoms with E-state index < -0.39 is 23.6 Å². The second-order valence-corrected chi connectivity index (χ2v) is 7.57. The van der Waals surface area contributed by atoms with Crippen molar-refractivity contribution in [1.82, 2.24) is 4.98 Å². The van der Waals surface area contributed by atoms with Crippen LogP contribution in [0.2, 0.25) is 0 Å². The molecule has 6 nitrogen and oxygen atoms in total. The predicted molar refractivity (Wildman–Crippen MR) is 128 cm³/mol. The lowest BCUT2D eigenvalue weighted by atomic mass is 10.1. The number of amides is 2. The van der Waals surface area contributed by atoms with Gasteiger partial charge in [0.2, 0.25) is 0 Å². The standard InChI is InChI=1S/C27H17F3N4O2/c28-27(29,30)22-11-4-5-12-23(22)34(26(36)19-7-2-1-3-8-19)21-10-6-9-20(15-21)25(35)33-24-14-13-18(16-31)17-32-24/h1-15,17H,(H,32,33,35). The molecule has 9 heteroatoms. The summed E-state index contributed by atoms with van der Waals surface area (Å²) >= 11 is 0. The van der Waals surface area contributed by atoms with Gasteiger partial charge in [0, 0.05) is 17.3 Å². The molecule has 0 saturated carbocycles. The summed E-state index contributed by atoms with van der Waals surface area (Å²) in [5, 5.41) is 11.5. The van der Waals surface area contributed by atoms with E-state index in [0.29, 0.717) is 5.56 Å². The van der Waals surface area contributed by atoms with Gasteiger partial charge >= 0.3 is 6.18 Å². The van der Waals surface area contributed by atoms with E-state index in [0.717, 1.165) is 11.0 Å². The molecule has 0 aliphatic rings. The van der Waals surface area contributed by atoms with Crippen LogP contribution in [0.15, 0.2) is 97.2 Å². The van der Waals surface area contributed by atoms with Gasteiger partial charge in [-0.25, -0.2) is 4.98 Å². The molecule has 36 heavy (non-hydrogen) atoms. The minimum atomic E-state index is -4.72. The number of carbonyl (C=O) groups is 2. The van der Waals surface area contributed by atoms with Crippen molar-refractivity contribution in [2.45, 2.75) is 6.18 Å². The first-order chi connectivity index (χ1) is 17.3. The van der Waals surface area contributed by atoms with Crippen LogP contribution in [0.25, 0.3) is 0 Å². The first-order valence-electron chi connectivity index (χ1n) is 10.6. The smallest absolute Gasteiger partial charge is 0.307 e. The molecule has 0 radical (unpaired) electrons. The van der Waals surface area contributed by atoms with E-state index in [1.807, 2.05) is 6.07 Å². The molecule has 0 fully saturated rings. The number of alkyl halides is 3. The van der Waals surface area contributed by atoms with Gasteiger partial charge in [-0.3, -0.25) is 14.5 Å². The Morgan fingerprint density at radius 1 is 0.861 bits per heavy atom. The van der Waals surface area contributed by atoms with E-state index in [-0.39, 0.29) is 28.3 Å². The molecular formula is C27H17F3N4O2. The minimum absolute atomic E-state index is 0.0704. The Balaban J connectivity index is 1.77. The number of anilines is 3. The van der Waals surface area contributed by atoms with Crippen LogP contribution in [0.3, 0.4) is 0 Å². The number of rotatable bonds is 5. The van der Waals surface area contributed by atoms with Crippen LogP contribution in [0.4, 0.5) is 30.4 Å². The van der Waals surface area contributed by atoms with E-state index in [4.69, 9.17) is 5.26 Å². The zero-order valence-corrected chi connectivity index (χ0v) is 18.5. The number of nitriles is 1. The first-order valence-corrected chi connectivity index (χ1v) is 10.6. The third-order valence-corrected chi connectivity index (χ3v) is 5.17. The summed E-state index contributed by atoms with van der Waals surface area (Å²) in [6.07, 6.45) is -3.43. The van der Waals surface area contributed by atoms with Crippen molar-refractivity contribution in [3.05, 3.63) is 119 Å². The van der Waals surface area contributed by atoms with Crippen molar-refractivity contribution in [3.8, 4) is 6.07 Å². The summed E-state index contributed by atoms with van der Waals surface area (Å²) in [4.78, 5) is 31.2. The number of hydrogen-bond acceptors (Lipinski definition) is 4. The van der Waals surface area contributed by atoms with Crippen molar-refractivity contribution in [2.24, 2.45) is 0 Å². The number of para-hydroxylation sites is 1. The van der Waals surface area contributed by atoms with E-state index in [2.05, 4.69) is 10.3 Å². The summed E-state index contributed by atoms with van der Waals surface area (Å²) in [5.74, 6) is -1.10. The third-order valence-electron chi connectivity index (χ3n) is 5.17. The van der Waals surface area contributed by atoms with Crippen molar-refractivity contribution in [3.63, 3.8) is 0 Å². The summed E-state index contributed by atoms with van der Waals surface area (Å²) in [6.45, 7) is 0. The van der Waals surface area contributed by atoms with Crippen LogP contribution >= 0.6 is 0 Å². The maximum absolute atomic E-state index is 13.9. The Bertz CT molecular complexity index is 1450. The van der Waals surface area contributed by atoms with Crippen LogP contribution in [0.5, 0.6) is 0 Å². The molecule has 1 N–H and O–H groups in total. The third kappa shape index (κ3) is 5.23. The van der Waals surface area contributed by atoms with E-state index >= 15 is 0 Å². The zero-order valence-electron chi connectivity index (χ0n) is 18.5. The molecule has 0 saturated heterocycles. The molecule has 4 rings (SSSR count). The van der Waals surface area contributed by atoms with Crippen molar-refractivity contribution >= 4 is 29.0 Å². The average molecular weight is 486 g/mol. The monoisotopic (exact) mass is 486 g/mol. The summed E-state index contributed by atoms with van der Waals surface area (Å²) in [7, 11) is 0. The topological polar surface area (TPSA) is 86.1 Å². The van der Waals surface area contributed by atoms with E-state index in [9.17, 15) is 22.8 Å². The highest BCUT2D eigenvalue weighted by Crippen LogP contribution is 2.40. The fourth-order valence-electron chi connectivity index (χ4n) is 3.49. The fraction of sp³-hybridized carbons (Fsp3) is 0.0370. The zero-order chi connectivity index (χ0) is 25.7. The second kappa shape index (κ2) is 10.1. The quantitative estimate of drug-likeness (QED) is 0.364. The van der Waals surface area contributed by atoms with Crippen molar-refractivity contribution in [1.29, 1.82) is 5.26 Å². The molecule has 0 atom stereocenters. The summed E-state index contributed by atoms with van der Waals surface area (Å²) in [6, 6.07) is 23.2. The summed E-state index contributed by atoms with van der Waals surface area (Å²) < 4.78 is 41.6. The second-order valence-electron chi connectivity index (χ2n) is 7.57. The Hall–Kier alpha value is -4.97. The Labute approximate surface area is 204 Å². The van der Waals surface area contributed by atoms with Crippen LogP contribution in [0, 0.1) is 11.3 Å². The van der Waals surface area contributed by atoms with Gasteiger partial charge in [-0.15, -0.1) is 0 Å². The molecule has 0 spiro atoms. The molecule has 0 bridgehead atoms. The molecule has 4 aromatic rings. The van der Waals surface area contributed by atoms with Crippen LogP contribution < -0.4 is 10.2 Å². The van der Waals surface area contributed by atoms with Gasteiger partial charge in [0.25, 0.3) is 11.8 Å². The Morgan fingerprint density at radius 3 is 2.22 bits per heavy atom. The predicted octanol–water partition coefficient (Wildman–Crippen LogP) is 6.20. The SMILES string of the molecule is N#Cc1ccc(NC(=O)c2cccc(N(C(=O)c3ccccc3)c3ccccc3C(F)(F)F)c2)nc1. The molecule has 0 aliphatic heterocycles. The van der Waals surface area contributed by atoms with Gasteiger partial charge in [0.05, 0.1) is 22.5 Å². The molecule has 3 aromatic carbocycles. The molecule has 0 unspecified atom stereocenters. The lowest BCUT2D eigenvalue weighted by Gasteiger charge is -2.26. The highest BCUT2D eigenvalue weighted by molar-refractivity contribution is 6.12. The number of nitrogens with one attached hydrogen (secondary N) is 1. The number of benzene rings is 3. The van der Waals surface area contributed by atoms with Gasteiger partial charge in [0.1, 0.15) is 11.9 Å². The van der Waals surface area contributed by atoms with Crippen LogP contribution in [0.1, 0.15) is 31.8 Å². The van der Waals surface area contributed by atoms with E-state index in [1.54, 1.807) is 18.2 Å². The highest BCUT2D eigenvalue weighted by Gasteiger charge is 2.36. The molecule has 0 aliphatic carbocycles. The maximum Gasteiger partial charge on any atom is 0.418 e. The molecule has 1 aromatic heterocycles. The molecule has 2 amide bonds. The van der Waals surface area contributed by atoms with Gasteiger partial charge in [-0.05, 0) is 54.6 Å². The molecular weight excluding hydrogens is 469 g/mol. The van der Waals surface area contributed by atoms with Crippen LogP contribution in [-0.4, -0.2) is 16.8 Å². The van der Waals surface area contributed by atoms with Crippen molar-refractivity contribution in [2.75, 3.05) is 10.2 Å². The lowest BCUT2D eigenvalue weighted by molar-refractivity contribution is -0.137. The lowest BCUT2D eigenvalue weighted by Crippen LogP contribution is -2.28. The van der Waals surface area contributed by atoms with Gasteiger partial charge in [0.15, 0.2) is 0 Å². The fourth-order valence-corrected chi connectivity index (χ4v) is 3.49. The Morgan fingerprint density at radius 2 is 1.56 bits per heavy atom. The number of hydrogen-bond donors (Lipinski definition) is 1. The number of aromatic nitrogens is 1. The number of carbonyl (C=O) groups excluding carboxylic acids is 2. The molecule has 1 heterocycles. The Kier molecular flexibility index (Phi) is 6.79. The normalized spacial score (nSPS) is 10.8. The van der Waals surface area contributed by atoms with Gasteiger partial charge in [-0.2, -0.15) is 18.4 Å². The number of pyridine rings is 1. The largest absolute Gasteiger partial charge is 0.418 e. The molecule has 178 valence electrons. The average Bonchev–Trinajstić information content (AvgIpc) is 2.89.